The number of ether oxygens (including phenoxy) is 8. The molecule has 0 radical (unpaired) electrons. The SMILES string of the molecule is COc1ccc2c(S(=O)(=O)Oc3cc(C(=O)N(C)CCOCCn4cc(COCCN5C(=O)C=CC5=O)nn4)ccc3OC3O[C@H](C(=O)O)[C@@H](O)[C@H](O)[C@H]3O)cc3c(c2c1)[C@H](CCl)CN3C(=O)c1cc2cc(/C(C)=N/O[C@@H]3O[C@H](COC4OC(C(=O)O)[C@@H](O)[C@H](O)[C@H]4O)[C@H](O)C(O)[C@H]3O)ccc2[nH]1. The van der Waals surface area contributed by atoms with Crippen molar-refractivity contribution in [3.63, 3.8) is 0 Å². The lowest BCUT2D eigenvalue weighted by molar-refractivity contribution is -0.327. The van der Waals surface area contributed by atoms with E-state index in [4.69, 9.17) is 58.5 Å². The molecule has 7 heterocycles. The van der Waals surface area contributed by atoms with Gasteiger partial charge in [-0.1, -0.05) is 16.4 Å². The number of carboxylic acids is 2. The number of amides is 4. The summed E-state index contributed by atoms with van der Waals surface area (Å²) in [7, 11) is -2.42. The molecule has 6 aromatic rings. The fourth-order valence-corrected chi connectivity index (χ4v) is 13.4. The Morgan fingerprint density at radius 1 is 0.728 bits per heavy atom. The number of nitrogens with zero attached hydrogens (tertiary/aromatic N) is 7. The van der Waals surface area contributed by atoms with Gasteiger partial charge in [0.15, 0.2) is 30.0 Å². The minimum absolute atomic E-state index is 0.00351. The number of methoxy groups -OCH3 is 1. The number of benzene rings is 4. The van der Waals surface area contributed by atoms with E-state index in [1.54, 1.807) is 30.5 Å². The average Bonchev–Trinajstić information content (AvgIpc) is 1.64. The van der Waals surface area contributed by atoms with Gasteiger partial charge in [-0.3, -0.25) is 24.1 Å². The number of likely N-dealkylation sites (N-methyl/N-ethyl adjacent to an activating group) is 1. The Bertz CT molecular complexity index is 4350. The first kappa shape index (κ1) is 75.3. The van der Waals surface area contributed by atoms with Crippen molar-refractivity contribution in [3.8, 4) is 17.2 Å². The Kier molecular flexibility index (Phi) is 23.1. The van der Waals surface area contributed by atoms with E-state index in [9.17, 15) is 80.1 Å². The number of fused-ring (bicyclic) bond motifs is 4. The van der Waals surface area contributed by atoms with E-state index in [1.807, 2.05) is 0 Å². The number of carbonyl (C=O) groups excluding carboxylic acids is 4. The number of imide groups is 1. The summed E-state index contributed by atoms with van der Waals surface area (Å²) in [5, 5.41) is 127. The maximum absolute atomic E-state index is 15.3. The largest absolute Gasteiger partial charge is 0.497 e. The van der Waals surface area contributed by atoms with Crippen LogP contribution in [0.2, 0.25) is 0 Å². The summed E-state index contributed by atoms with van der Waals surface area (Å²) >= 11 is 6.66. The monoisotopic (exact) mass is 1480 g/mol. The first-order chi connectivity index (χ1) is 49.1. The lowest BCUT2D eigenvalue weighted by Crippen LogP contribution is -2.62. The van der Waals surface area contributed by atoms with Crippen LogP contribution in [0.4, 0.5) is 5.69 Å². The van der Waals surface area contributed by atoms with Crippen LogP contribution in [0.1, 0.15) is 50.5 Å². The van der Waals surface area contributed by atoms with Crippen molar-refractivity contribution in [2.75, 3.05) is 71.0 Å². The van der Waals surface area contributed by atoms with E-state index < -0.39 is 167 Å². The molecule has 0 spiro atoms. The number of hydrogen-bond donors (Lipinski definition) is 12. The topological polar surface area (TPSA) is 520 Å². The third-order valence-corrected chi connectivity index (χ3v) is 19.3. The van der Waals surface area contributed by atoms with Gasteiger partial charge in [-0.05, 0) is 84.1 Å². The summed E-state index contributed by atoms with van der Waals surface area (Å²) in [5.41, 5.74) is 1.76. The van der Waals surface area contributed by atoms with E-state index in [-0.39, 0.29) is 97.7 Å². The van der Waals surface area contributed by atoms with Gasteiger partial charge < -0.3 is 118 Å². The molecule has 11 rings (SSSR count). The fraction of sp³-hybridized carbons (Fsp3) is 0.453. The second kappa shape index (κ2) is 31.6. The quantitative estimate of drug-likeness (QED) is 0.00610. The fourth-order valence-electron chi connectivity index (χ4n) is 11.9. The Hall–Kier alpha value is -8.91. The highest BCUT2D eigenvalue weighted by Crippen LogP contribution is 2.47. The first-order valence-corrected chi connectivity index (χ1v) is 33.6. The van der Waals surface area contributed by atoms with E-state index in [1.165, 1.54) is 78.0 Å². The van der Waals surface area contributed by atoms with E-state index in [0.717, 1.165) is 17.0 Å². The van der Waals surface area contributed by atoms with Crippen molar-refractivity contribution < 1.29 is 140 Å². The van der Waals surface area contributed by atoms with Crippen LogP contribution in [0.3, 0.4) is 0 Å². The van der Waals surface area contributed by atoms with Crippen LogP contribution < -0.4 is 18.6 Å². The molecule has 0 aliphatic carbocycles. The van der Waals surface area contributed by atoms with Crippen molar-refractivity contribution in [2.24, 2.45) is 5.16 Å². The molecular formula is C64H71ClN8O29S. The number of halogens is 1. The van der Waals surface area contributed by atoms with Crippen molar-refractivity contribution in [1.29, 1.82) is 0 Å². The lowest BCUT2D eigenvalue weighted by Gasteiger charge is -2.41. The van der Waals surface area contributed by atoms with Gasteiger partial charge in [0.2, 0.25) is 6.29 Å². The number of carboxylic acid groups (broad SMARTS) is 2. The number of aliphatic hydroxyl groups excluding tert-OH is 9. The van der Waals surface area contributed by atoms with Crippen LogP contribution in [0, 0.1) is 0 Å². The molecule has 12 N–H and O–H groups in total. The predicted molar refractivity (Wildman–Crippen MR) is 347 cm³/mol. The Labute approximate surface area is 587 Å². The maximum Gasteiger partial charge on any atom is 0.340 e. The number of aromatic amines is 1. The highest BCUT2D eigenvalue weighted by molar-refractivity contribution is 7.87. The normalized spacial score (nSPS) is 27.3. The molecule has 3 fully saturated rings. The van der Waals surface area contributed by atoms with Gasteiger partial charge in [-0.25, -0.2) is 14.3 Å². The molecule has 5 aliphatic heterocycles. The Balaban J connectivity index is 0.810. The zero-order valence-corrected chi connectivity index (χ0v) is 56.1. The van der Waals surface area contributed by atoms with Crippen molar-refractivity contribution in [2.45, 2.75) is 123 Å². The highest BCUT2D eigenvalue weighted by Gasteiger charge is 2.51. The average molecular weight is 1480 g/mol. The predicted octanol–water partition coefficient (Wildman–Crippen LogP) is -2.37. The molecule has 37 nitrogen and oxygen atoms in total. The molecule has 16 atom stereocenters. The number of alkyl halides is 1. The molecule has 103 heavy (non-hydrogen) atoms. The van der Waals surface area contributed by atoms with Crippen molar-refractivity contribution in [3.05, 3.63) is 113 Å². The zero-order valence-electron chi connectivity index (χ0n) is 54.6. The molecule has 4 amide bonds. The second-order valence-corrected chi connectivity index (χ2v) is 26.2. The molecule has 5 aliphatic rings. The van der Waals surface area contributed by atoms with Gasteiger partial charge >= 0.3 is 22.1 Å². The molecule has 4 aromatic carbocycles. The van der Waals surface area contributed by atoms with Crippen LogP contribution in [0.25, 0.3) is 21.7 Å². The van der Waals surface area contributed by atoms with E-state index in [0.29, 0.717) is 27.7 Å². The van der Waals surface area contributed by atoms with Gasteiger partial charge in [-0.2, -0.15) is 8.42 Å². The maximum atomic E-state index is 15.3. The minimum atomic E-state index is -5.22. The summed E-state index contributed by atoms with van der Waals surface area (Å²) in [6.45, 7) is 1.18. The zero-order chi connectivity index (χ0) is 74.0. The summed E-state index contributed by atoms with van der Waals surface area (Å²) in [6.07, 6.45) is -25.5. The van der Waals surface area contributed by atoms with Crippen LogP contribution in [0.15, 0.2) is 95.1 Å². The number of aliphatic hydroxyl groups is 9. The van der Waals surface area contributed by atoms with Gasteiger partial charge in [0.05, 0.1) is 65.1 Å². The molecule has 39 heteroatoms. The highest BCUT2D eigenvalue weighted by atomic mass is 35.5. The van der Waals surface area contributed by atoms with Gasteiger partial charge in [-0.15, -0.1) is 16.7 Å². The summed E-state index contributed by atoms with van der Waals surface area (Å²) in [6, 6.07) is 15.2. The number of nitrogens with one attached hydrogen (secondary N) is 1. The number of aromatic nitrogens is 4. The smallest absolute Gasteiger partial charge is 0.340 e. The lowest BCUT2D eigenvalue weighted by atomic mass is 9.95. The number of oxime groups is 1. The van der Waals surface area contributed by atoms with Gasteiger partial charge in [0.1, 0.15) is 83.1 Å². The van der Waals surface area contributed by atoms with Crippen LogP contribution in [0.5, 0.6) is 17.2 Å². The summed E-state index contributed by atoms with van der Waals surface area (Å²) in [4.78, 5) is 88.1. The van der Waals surface area contributed by atoms with Crippen LogP contribution in [-0.4, -0.2) is 294 Å². The Morgan fingerprint density at radius 3 is 2.08 bits per heavy atom. The molecule has 0 saturated carbocycles. The molecule has 2 aromatic heterocycles. The molecule has 0 bridgehead atoms. The number of H-pyrrole nitrogens is 1. The third-order valence-electron chi connectivity index (χ3n) is 17.6. The summed E-state index contributed by atoms with van der Waals surface area (Å²) in [5.74, 6) is -7.40. The molecule has 4 unspecified atom stereocenters. The van der Waals surface area contributed by atoms with Crippen LogP contribution >= 0.6 is 11.6 Å². The Morgan fingerprint density at radius 2 is 1.39 bits per heavy atom. The number of carbonyl (C=O) groups is 6. The molecule has 3 saturated heterocycles. The number of hydrogen-bond acceptors (Lipinski definition) is 30. The number of anilines is 1. The van der Waals surface area contributed by atoms with Crippen LogP contribution in [-0.2, 0) is 75.7 Å². The van der Waals surface area contributed by atoms with E-state index in [2.05, 4.69) is 20.5 Å². The number of aliphatic carboxylic acids is 2. The van der Waals surface area contributed by atoms with Crippen molar-refractivity contribution >= 4 is 90.4 Å². The molecule has 554 valence electrons. The third kappa shape index (κ3) is 15.9. The number of rotatable bonds is 28. The van der Waals surface area contributed by atoms with Gasteiger partial charge in [0, 0.05) is 71.6 Å². The van der Waals surface area contributed by atoms with E-state index >= 15 is 13.2 Å². The molecular weight excluding hydrogens is 1410 g/mol. The van der Waals surface area contributed by atoms with Gasteiger partial charge in [0.25, 0.3) is 29.9 Å². The minimum Gasteiger partial charge on any atom is -0.497 e. The standard InChI is InChI=1S/C64H71ClN8O29S/c1-28(68-101-64-55(84)48(77)47(76)42(98-64)27-96-62-53(82)49(78)51(80)56(99-62)60(87)88)29-4-8-37-31(18-29)19-38(66-37)59(86)73-24-32(23-65)46-36-21-34(93-3)6-7-35(36)43(22-39(46)73)103(91,92)102-41-20-30(5-9-40(41)97-63-54(83)50(79)52(81)57(100-63)61(89)90)58(85)70(2)12-15-94-16-13-71-25-33(67-69-71)26-95-17-14-72-44(74)10-11-45(72)75/h4-11,18-22,25,32,42,47-57,62-64,66,76-84H,12-17,23-24,26-27H2,1-3H3,(H,87,88)(H,89,90)/b68-28+/t32-,42-,47+,48?,49+,50+,51+,52+,53-,54-,55-,56?,57+,62?,63?,64+/m1/s1. The van der Waals surface area contributed by atoms with Crippen molar-refractivity contribution in [1.82, 2.24) is 29.8 Å². The summed E-state index contributed by atoms with van der Waals surface area (Å²) < 4.78 is 82.2. The second-order valence-electron chi connectivity index (χ2n) is 24.4. The first-order valence-electron chi connectivity index (χ1n) is 31.7.